The number of aromatic amines is 3. The van der Waals surface area contributed by atoms with Crippen LogP contribution in [0.3, 0.4) is 0 Å². The van der Waals surface area contributed by atoms with Gasteiger partial charge in [-0.1, -0.05) is 103 Å². The molecule has 47 heteroatoms. The van der Waals surface area contributed by atoms with Crippen LogP contribution in [0.25, 0.3) is 0 Å². The number of halogens is 4. The highest BCUT2D eigenvalue weighted by Gasteiger charge is 2.56. The number of alkyl halides is 4. The van der Waals surface area contributed by atoms with Crippen molar-refractivity contribution < 1.29 is 142 Å². The summed E-state index contributed by atoms with van der Waals surface area (Å²) in [5.74, 6) is -4.43. The van der Waals surface area contributed by atoms with Crippen LogP contribution in [0.4, 0.5) is 17.6 Å². The maximum atomic E-state index is 15.8. The van der Waals surface area contributed by atoms with E-state index in [0.717, 1.165) is 34.3 Å². The predicted octanol–water partition coefficient (Wildman–Crippen LogP) is 5.51. The zero-order chi connectivity index (χ0) is 91.5. The number of carbonyl (C=O) groups excluding carboxylic acids is 1. The van der Waals surface area contributed by atoms with Crippen LogP contribution in [0.5, 0.6) is 23.0 Å². The van der Waals surface area contributed by atoms with Crippen LogP contribution in [0.1, 0.15) is 91.5 Å². The number of aliphatic hydroxyl groups excluding tert-OH is 4. The van der Waals surface area contributed by atoms with Crippen LogP contribution in [-0.2, 0) is 105 Å². The molecule has 1 amide bonds. The monoisotopic (exact) mass is 1760 g/mol. The van der Waals surface area contributed by atoms with E-state index in [1.54, 1.807) is 78.9 Å². The lowest BCUT2D eigenvalue weighted by Crippen LogP contribution is -2.46. The van der Waals surface area contributed by atoms with Gasteiger partial charge in [0.1, 0.15) is 102 Å². The van der Waals surface area contributed by atoms with Gasteiger partial charge in [0.05, 0.1) is 34.7 Å². The summed E-state index contributed by atoms with van der Waals surface area (Å²) in [4.78, 5) is 89.4. The second-order valence-corrected chi connectivity index (χ2v) is 32.4. The standard InChI is InChI=1S/C19H18FN2O7P.3C18H16FN2O8P/c1-3-13-9-22(12(2)21-17(13)24)18-15(23)8-19(20,28-18)11-27-30(25)26-10-14-6-4-5-7-16(14)29-30;3*1-2-11-8-21(17(24)20-15(11)23)16-13(22)7-18(19,28-16)10-27-30(25)26-9-12-5-3-4-6-14(12)29-30/h1,4-7,9,15,18,23H,2,8,10-11H2,(H,21,24);3*1,3-6,8,13,16,22H,7,9-10H2,(H,20,23,24)/t15-,18-,19+,30?;3*13-,16-,18+,30?/m1111/s1/i11D2,18D;16D;10D2;. The van der Waals surface area contributed by atoms with Gasteiger partial charge >= 0.3 is 48.4 Å². The van der Waals surface area contributed by atoms with E-state index in [4.69, 9.17) is 107 Å². The zero-order valence-corrected chi connectivity index (χ0v) is 64.6. The van der Waals surface area contributed by atoms with Gasteiger partial charge in [0.25, 0.3) is 22.6 Å². The SMILES string of the molecule is C#Cc1cn([C@@H]2O[C@](F)(COP3(=O)OCc4ccccc4O3)C[C@H]2O)c(=O)[nH]c1=O.[2H]C([2H])(OP1(=O)OCc2ccccc2O1)[C@]1(F)C[C@@H](O)[C@H](n2cc(C#C)c(=O)[nH]c2=O)O1.[2H]C([2H])(OP1(=O)OCc2ccccc2O1)[C@]1(F)C[C@@H](O)[C@]([2H])(N2C=C(C#C)C(=O)NC2=C)O1.[2H][C@@]1(n2cc(C#C)c(=O)[nH]c2=O)O[C@](F)(COP2(=O)OCc3ccccc3O2)C[C@H]1O. The maximum absolute atomic E-state index is 15.8. The summed E-state index contributed by atoms with van der Waals surface area (Å²) in [5, 5.41) is 43.5. The molecule has 7 aromatic rings. The highest BCUT2D eigenvalue weighted by Crippen LogP contribution is 2.60. The van der Waals surface area contributed by atoms with Gasteiger partial charge in [0.2, 0.25) is 23.4 Å². The normalized spacial score (nSPS) is 33.2. The van der Waals surface area contributed by atoms with Crippen LogP contribution in [-0.4, -0.2) is 140 Å². The number of nitrogens with one attached hydrogen (secondary N) is 4. The molecular formula is C73H66F4N8O31P4. The van der Waals surface area contributed by atoms with Crippen LogP contribution < -0.4 is 57.2 Å². The van der Waals surface area contributed by atoms with Crippen molar-refractivity contribution in [3.8, 4) is 72.4 Å². The molecule has 12 heterocycles. The van der Waals surface area contributed by atoms with Crippen molar-refractivity contribution in [3.05, 3.63) is 241 Å². The summed E-state index contributed by atoms with van der Waals surface area (Å²) in [7, 11) is -17.6. The Balaban J connectivity index is 0.000000144. The molecule has 0 spiro atoms. The highest BCUT2D eigenvalue weighted by molar-refractivity contribution is 7.49. The lowest BCUT2D eigenvalue weighted by atomic mass is 10.1. The molecule has 4 unspecified atom stereocenters. The summed E-state index contributed by atoms with van der Waals surface area (Å²) >= 11 is 0. The Morgan fingerprint density at radius 1 is 0.467 bits per heavy atom. The molecule has 4 saturated heterocycles. The van der Waals surface area contributed by atoms with Gasteiger partial charge in [0.15, 0.2) is 24.9 Å². The Bertz CT molecular complexity index is 6360. The number of H-pyrrole nitrogens is 3. The van der Waals surface area contributed by atoms with E-state index < -0.39 is 196 Å². The molecule has 9 aliphatic heterocycles. The number of amides is 1. The molecule has 4 fully saturated rings. The molecule has 0 bridgehead atoms. The Hall–Kier alpha value is -10.9. The van der Waals surface area contributed by atoms with E-state index in [1.165, 1.54) is 18.2 Å². The Morgan fingerprint density at radius 3 is 1.18 bits per heavy atom. The molecule has 4 aromatic carbocycles. The summed E-state index contributed by atoms with van der Waals surface area (Å²) in [5.41, 5.74) is -4.54. The van der Waals surface area contributed by atoms with E-state index in [2.05, 4.69) is 23.7 Å². The number of ether oxygens (including phenoxy) is 4. The molecule has 9 aliphatic rings. The molecule has 8 N–H and O–H groups in total. The van der Waals surface area contributed by atoms with Gasteiger partial charge in [-0.15, -0.1) is 25.7 Å². The average molecular weight is 1760 g/mol. The molecular weight excluding hydrogens is 1680 g/mol. The smallest absolute Gasteiger partial charge is 0.404 e. The number of phosphoric ester groups is 4. The number of hydrogen-bond donors (Lipinski definition) is 8. The van der Waals surface area contributed by atoms with Crippen LogP contribution in [0.2, 0.25) is 0 Å². The number of aliphatic hydroxyl groups is 4. The first-order chi connectivity index (χ1) is 59.1. The number of benzene rings is 4. The van der Waals surface area contributed by atoms with Crippen molar-refractivity contribution in [2.75, 3.05) is 26.3 Å². The van der Waals surface area contributed by atoms with E-state index in [0.29, 0.717) is 31.4 Å². The first-order valence-corrected chi connectivity index (χ1v) is 40.4. The topological polar surface area (TPSA) is 494 Å². The number of terminal acetylenes is 4. The number of carbonyl (C=O) groups is 1. The van der Waals surface area contributed by atoms with Crippen molar-refractivity contribution in [2.24, 2.45) is 0 Å². The molecule has 0 aliphatic carbocycles. The second kappa shape index (κ2) is 34.7. The van der Waals surface area contributed by atoms with Crippen molar-refractivity contribution in [2.45, 2.75) is 125 Å². The summed E-state index contributed by atoms with van der Waals surface area (Å²) in [6.07, 6.45) is 5.05. The quantitative estimate of drug-likeness (QED) is 0.0336. The predicted molar refractivity (Wildman–Crippen MR) is 399 cm³/mol. The average Bonchev–Trinajstić information content (AvgIpc) is 1.55. The Labute approximate surface area is 681 Å². The van der Waals surface area contributed by atoms with E-state index in [1.807, 2.05) is 26.8 Å². The van der Waals surface area contributed by atoms with Gasteiger partial charge in [-0.25, -0.2) is 50.2 Å². The van der Waals surface area contributed by atoms with Crippen LogP contribution >= 0.6 is 31.3 Å². The van der Waals surface area contributed by atoms with Crippen LogP contribution in [0.15, 0.2) is 169 Å². The fourth-order valence-electron chi connectivity index (χ4n) is 11.9. The minimum Gasteiger partial charge on any atom is -0.404 e. The Kier molecular flexibility index (Phi) is 22.8. The summed E-state index contributed by atoms with van der Waals surface area (Å²) < 4.78 is 244. The largest absolute Gasteiger partial charge is 0.530 e. The minimum atomic E-state index is -4.66. The van der Waals surface area contributed by atoms with Gasteiger partial charge in [-0.2, -0.15) is 0 Å². The highest BCUT2D eigenvalue weighted by atomic mass is 31.2. The number of nitrogens with zero attached hydrogens (tertiary/aromatic N) is 4. The van der Waals surface area contributed by atoms with Gasteiger partial charge in [0, 0.05) is 72.7 Å². The molecule has 39 nitrogen and oxygen atoms in total. The minimum absolute atomic E-state index is 0.0551. The number of aromatic nitrogens is 6. The molecule has 0 saturated carbocycles. The molecule has 16 atom stereocenters. The number of rotatable bonds is 16. The maximum Gasteiger partial charge on any atom is 0.530 e. The van der Waals surface area contributed by atoms with Crippen molar-refractivity contribution in [1.29, 1.82) is 0 Å². The summed E-state index contributed by atoms with van der Waals surface area (Å²) in [6, 6.07) is 25.9. The fourth-order valence-corrected chi connectivity index (χ4v) is 16.6. The first kappa shape index (κ1) is 78.9. The number of phosphoric acid groups is 4. The van der Waals surface area contributed by atoms with Gasteiger partial charge in [-0.3, -0.25) is 84.0 Å². The third-order valence-corrected chi connectivity index (χ3v) is 22.7. The van der Waals surface area contributed by atoms with Crippen LogP contribution in [0, 0.1) is 49.4 Å². The van der Waals surface area contributed by atoms with E-state index >= 15 is 17.6 Å². The number of hydrogen-bond acceptors (Lipinski definition) is 32. The lowest BCUT2D eigenvalue weighted by Gasteiger charge is -2.34. The van der Waals surface area contributed by atoms with Gasteiger partial charge in [-0.05, 0) is 24.3 Å². The zero-order valence-electron chi connectivity index (χ0n) is 67.0. The molecule has 16 rings (SSSR count). The summed E-state index contributed by atoms with van der Waals surface area (Å²) in [6.45, 7) is -6.04. The molecule has 0 radical (unpaired) electrons. The molecule has 632 valence electrons. The third kappa shape index (κ3) is 19.4. The fraction of sp³-hybridized carbons (Fsp3) is 0.329. The van der Waals surface area contributed by atoms with E-state index in [-0.39, 0.29) is 77.5 Å². The third-order valence-electron chi connectivity index (χ3n) is 17.7. The lowest BCUT2D eigenvalue weighted by molar-refractivity contribution is -0.184. The van der Waals surface area contributed by atoms with Crippen molar-refractivity contribution in [3.63, 3.8) is 0 Å². The van der Waals surface area contributed by atoms with Crippen molar-refractivity contribution >= 4 is 37.2 Å². The Morgan fingerprint density at radius 2 is 0.783 bits per heavy atom. The number of fused-ring (bicyclic) bond motifs is 4. The molecule has 120 heavy (non-hydrogen) atoms. The molecule has 3 aromatic heterocycles. The van der Waals surface area contributed by atoms with Gasteiger partial charge < -0.3 is 67.7 Å². The van der Waals surface area contributed by atoms with E-state index in [9.17, 15) is 72.2 Å². The van der Waals surface area contributed by atoms with Crippen molar-refractivity contribution in [1.82, 2.24) is 38.9 Å². The first-order valence-electron chi connectivity index (χ1n) is 37.6. The number of para-hydroxylation sites is 4. The second-order valence-electron chi connectivity index (χ2n) is 26.2.